The molecule has 1 nitrogen and oxygen atoms in total. The van der Waals surface area contributed by atoms with Crippen LogP contribution in [-0.2, 0) is 0 Å². The van der Waals surface area contributed by atoms with Gasteiger partial charge in [-0.05, 0) is 29.3 Å². The van der Waals surface area contributed by atoms with Crippen LogP contribution in [0.3, 0.4) is 0 Å². The van der Waals surface area contributed by atoms with Crippen LogP contribution >= 0.6 is 0 Å². The Morgan fingerprint density at radius 1 is 1.00 bits per heavy atom. The highest BCUT2D eigenvalue weighted by Crippen LogP contribution is 2.19. The second-order valence-corrected chi connectivity index (χ2v) is 3.28. The third-order valence-electron chi connectivity index (χ3n) is 2.26. The van der Waals surface area contributed by atoms with Crippen LogP contribution in [0.15, 0.2) is 42.5 Å². The molecular weight excluding hydrogens is 161 g/mol. The van der Waals surface area contributed by atoms with Gasteiger partial charge in [-0.1, -0.05) is 36.4 Å². The molecule has 0 aromatic heterocycles. The highest BCUT2D eigenvalue weighted by atomic mass is 16.3. The summed E-state index contributed by atoms with van der Waals surface area (Å²) in [6.45, 7) is 1.78. The summed E-state index contributed by atoms with van der Waals surface area (Å²) in [7, 11) is 0. The van der Waals surface area contributed by atoms with Crippen molar-refractivity contribution in [3.05, 3.63) is 48.0 Å². The summed E-state index contributed by atoms with van der Waals surface area (Å²) in [6, 6.07) is 14.2. The largest absolute Gasteiger partial charge is 0.389 e. The van der Waals surface area contributed by atoms with Crippen LogP contribution in [0.2, 0.25) is 0 Å². The van der Waals surface area contributed by atoms with Gasteiger partial charge in [-0.3, -0.25) is 0 Å². The summed E-state index contributed by atoms with van der Waals surface area (Å²) in [5.74, 6) is 0. The molecule has 0 bridgehead atoms. The molecule has 0 saturated heterocycles. The fraction of sp³-hybridized carbons (Fsp3) is 0.167. The molecule has 0 spiro atoms. The average Bonchev–Trinajstić information content (AvgIpc) is 2.17. The zero-order valence-electron chi connectivity index (χ0n) is 7.57. The molecule has 1 atom stereocenters. The Labute approximate surface area is 77.6 Å². The van der Waals surface area contributed by atoms with Gasteiger partial charge in [0.2, 0.25) is 0 Å². The van der Waals surface area contributed by atoms with E-state index >= 15 is 0 Å². The maximum absolute atomic E-state index is 9.38. The van der Waals surface area contributed by atoms with E-state index in [1.54, 1.807) is 6.92 Å². The van der Waals surface area contributed by atoms with Gasteiger partial charge in [0.05, 0.1) is 6.10 Å². The summed E-state index contributed by atoms with van der Waals surface area (Å²) in [4.78, 5) is 0. The van der Waals surface area contributed by atoms with Crippen LogP contribution in [0, 0.1) is 0 Å². The normalized spacial score (nSPS) is 13.1. The van der Waals surface area contributed by atoms with Crippen molar-refractivity contribution in [1.29, 1.82) is 0 Å². The standard InChI is InChI=1S/C12H12O/c1-9(13)11-7-6-10-4-2-3-5-12(10)8-11/h2-9,13H,1H3/t9-/m0/s1/i1+1. The molecule has 0 heterocycles. The van der Waals surface area contributed by atoms with Crippen molar-refractivity contribution in [1.82, 2.24) is 0 Å². The van der Waals surface area contributed by atoms with Crippen molar-refractivity contribution >= 4 is 10.8 Å². The Balaban J connectivity index is 2.62. The molecule has 0 unspecified atom stereocenters. The molecule has 2 aromatic rings. The first kappa shape index (κ1) is 8.27. The van der Waals surface area contributed by atoms with E-state index in [0.29, 0.717) is 0 Å². The van der Waals surface area contributed by atoms with Crippen molar-refractivity contribution in [2.24, 2.45) is 0 Å². The molecule has 0 radical (unpaired) electrons. The van der Waals surface area contributed by atoms with Crippen LogP contribution in [0.25, 0.3) is 10.8 Å². The fourth-order valence-corrected chi connectivity index (χ4v) is 1.47. The number of fused-ring (bicyclic) bond motifs is 1. The maximum atomic E-state index is 9.38. The predicted octanol–water partition coefficient (Wildman–Crippen LogP) is 2.89. The van der Waals surface area contributed by atoms with Gasteiger partial charge in [-0.25, -0.2) is 0 Å². The minimum Gasteiger partial charge on any atom is -0.389 e. The van der Waals surface area contributed by atoms with Crippen LogP contribution in [-0.4, -0.2) is 5.11 Å². The molecule has 1 N–H and O–H groups in total. The zero-order chi connectivity index (χ0) is 9.26. The lowest BCUT2D eigenvalue weighted by Crippen LogP contribution is -1.89. The topological polar surface area (TPSA) is 20.2 Å². The van der Waals surface area contributed by atoms with Gasteiger partial charge in [-0.15, -0.1) is 0 Å². The minimum atomic E-state index is -0.385. The summed E-state index contributed by atoms with van der Waals surface area (Å²) in [5, 5.41) is 11.8. The molecular formula is C12H12O. The van der Waals surface area contributed by atoms with Crippen molar-refractivity contribution in [2.75, 3.05) is 0 Å². The zero-order valence-corrected chi connectivity index (χ0v) is 7.57. The Bertz CT molecular complexity index is 418. The number of rotatable bonds is 1. The van der Waals surface area contributed by atoms with Gasteiger partial charge < -0.3 is 5.11 Å². The van der Waals surface area contributed by atoms with E-state index in [2.05, 4.69) is 12.1 Å². The van der Waals surface area contributed by atoms with E-state index in [9.17, 15) is 5.11 Å². The lowest BCUT2D eigenvalue weighted by molar-refractivity contribution is 0.199. The van der Waals surface area contributed by atoms with E-state index in [4.69, 9.17) is 0 Å². The predicted molar refractivity (Wildman–Crippen MR) is 54.6 cm³/mol. The number of benzene rings is 2. The highest BCUT2D eigenvalue weighted by Gasteiger charge is 2.00. The van der Waals surface area contributed by atoms with Crippen LogP contribution in [0.4, 0.5) is 0 Å². The first-order valence-electron chi connectivity index (χ1n) is 4.44. The van der Waals surface area contributed by atoms with Crippen molar-refractivity contribution in [3.63, 3.8) is 0 Å². The van der Waals surface area contributed by atoms with E-state index < -0.39 is 0 Å². The molecule has 1 heteroatoms. The molecule has 0 amide bonds. The number of aliphatic hydroxyl groups is 1. The maximum Gasteiger partial charge on any atom is 0.0762 e. The van der Waals surface area contributed by atoms with Gasteiger partial charge in [-0.2, -0.15) is 0 Å². The van der Waals surface area contributed by atoms with Gasteiger partial charge in [0.15, 0.2) is 0 Å². The van der Waals surface area contributed by atoms with E-state index in [0.717, 1.165) is 5.56 Å². The Hall–Kier alpha value is -1.34. The molecule has 0 aliphatic carbocycles. The van der Waals surface area contributed by atoms with Crippen LogP contribution in [0.5, 0.6) is 0 Å². The number of hydrogen-bond donors (Lipinski definition) is 1. The fourth-order valence-electron chi connectivity index (χ4n) is 1.47. The summed E-state index contributed by atoms with van der Waals surface area (Å²) < 4.78 is 0. The Kier molecular flexibility index (Phi) is 2.03. The number of aliphatic hydroxyl groups excluding tert-OH is 1. The highest BCUT2D eigenvalue weighted by molar-refractivity contribution is 5.83. The SMILES string of the molecule is [13CH3][C@H](O)c1ccc2ccccc2c1. The first-order chi connectivity index (χ1) is 6.27. The molecule has 0 aliphatic heterocycles. The van der Waals surface area contributed by atoms with E-state index in [-0.39, 0.29) is 6.10 Å². The van der Waals surface area contributed by atoms with Crippen molar-refractivity contribution in [2.45, 2.75) is 13.0 Å². The first-order valence-corrected chi connectivity index (χ1v) is 4.44. The lowest BCUT2D eigenvalue weighted by Gasteiger charge is -2.05. The summed E-state index contributed by atoms with van der Waals surface area (Å²) in [5.41, 5.74) is 0.971. The monoisotopic (exact) mass is 173 g/mol. The summed E-state index contributed by atoms with van der Waals surface area (Å²) in [6.07, 6.45) is -0.385. The van der Waals surface area contributed by atoms with Gasteiger partial charge in [0.1, 0.15) is 0 Å². The van der Waals surface area contributed by atoms with Crippen molar-refractivity contribution < 1.29 is 5.11 Å². The summed E-state index contributed by atoms with van der Waals surface area (Å²) >= 11 is 0. The van der Waals surface area contributed by atoms with Crippen LogP contribution in [0.1, 0.15) is 18.6 Å². The van der Waals surface area contributed by atoms with Crippen LogP contribution < -0.4 is 0 Å². The second-order valence-electron chi connectivity index (χ2n) is 3.28. The van der Waals surface area contributed by atoms with E-state index in [1.807, 2.05) is 30.3 Å². The van der Waals surface area contributed by atoms with Gasteiger partial charge >= 0.3 is 0 Å². The molecule has 2 rings (SSSR count). The molecule has 0 fully saturated rings. The lowest BCUT2D eigenvalue weighted by atomic mass is 10.1. The number of hydrogen-bond acceptors (Lipinski definition) is 1. The van der Waals surface area contributed by atoms with Crippen molar-refractivity contribution in [3.8, 4) is 0 Å². The van der Waals surface area contributed by atoms with Gasteiger partial charge in [0.25, 0.3) is 0 Å². The second kappa shape index (κ2) is 3.19. The smallest absolute Gasteiger partial charge is 0.0762 e. The average molecular weight is 173 g/mol. The van der Waals surface area contributed by atoms with Gasteiger partial charge in [0, 0.05) is 0 Å². The Morgan fingerprint density at radius 3 is 2.38 bits per heavy atom. The quantitative estimate of drug-likeness (QED) is 0.657. The minimum absolute atomic E-state index is 0.385. The molecule has 13 heavy (non-hydrogen) atoms. The third-order valence-corrected chi connectivity index (χ3v) is 2.26. The van der Waals surface area contributed by atoms with E-state index in [1.165, 1.54) is 10.8 Å². The molecule has 0 saturated carbocycles. The Morgan fingerprint density at radius 2 is 1.69 bits per heavy atom. The molecule has 2 aromatic carbocycles. The molecule has 0 aliphatic rings. The molecule has 66 valence electrons. The third kappa shape index (κ3) is 1.56.